The third-order valence-electron chi connectivity index (χ3n) is 4.74. The van der Waals surface area contributed by atoms with Crippen LogP contribution >= 0.6 is 11.6 Å². The van der Waals surface area contributed by atoms with Crippen LogP contribution in [0.25, 0.3) is 0 Å². The van der Waals surface area contributed by atoms with Crippen LogP contribution in [-0.4, -0.2) is 30.7 Å². The third kappa shape index (κ3) is 3.69. The SMILES string of the molecule is CCOc1ncc(NC(=O)C2(c3ccccc3Cl)CCOCC2)cc1C. The van der Waals surface area contributed by atoms with E-state index in [4.69, 9.17) is 21.1 Å². The Bertz CT molecular complexity index is 788. The van der Waals surface area contributed by atoms with Gasteiger partial charge in [0.25, 0.3) is 0 Å². The highest BCUT2D eigenvalue weighted by Crippen LogP contribution is 2.39. The lowest BCUT2D eigenvalue weighted by Gasteiger charge is -2.36. The quantitative estimate of drug-likeness (QED) is 0.854. The molecule has 5 nitrogen and oxygen atoms in total. The topological polar surface area (TPSA) is 60.5 Å². The summed E-state index contributed by atoms with van der Waals surface area (Å²) in [7, 11) is 0. The molecule has 0 atom stereocenters. The Balaban J connectivity index is 1.90. The van der Waals surface area contributed by atoms with Crippen molar-refractivity contribution < 1.29 is 14.3 Å². The number of hydrogen-bond acceptors (Lipinski definition) is 4. The molecule has 0 radical (unpaired) electrons. The maximum absolute atomic E-state index is 13.3. The highest BCUT2D eigenvalue weighted by Gasteiger charge is 2.43. The predicted octanol–water partition coefficient (Wildman–Crippen LogP) is 4.13. The molecule has 0 unspecified atom stereocenters. The number of benzene rings is 1. The molecule has 1 aromatic carbocycles. The summed E-state index contributed by atoms with van der Waals surface area (Å²) >= 11 is 6.43. The first-order valence-electron chi connectivity index (χ1n) is 8.80. The summed E-state index contributed by atoms with van der Waals surface area (Å²) in [5, 5.41) is 3.62. The van der Waals surface area contributed by atoms with Gasteiger partial charge in [0.05, 0.1) is 23.9 Å². The van der Waals surface area contributed by atoms with E-state index in [2.05, 4.69) is 10.3 Å². The fourth-order valence-electron chi connectivity index (χ4n) is 3.36. The number of aromatic nitrogens is 1. The van der Waals surface area contributed by atoms with Gasteiger partial charge in [0.1, 0.15) is 0 Å². The molecule has 3 rings (SSSR count). The summed E-state index contributed by atoms with van der Waals surface area (Å²) in [6.45, 7) is 5.43. The van der Waals surface area contributed by atoms with E-state index in [1.54, 1.807) is 6.20 Å². The number of nitrogens with one attached hydrogen (secondary N) is 1. The molecule has 0 bridgehead atoms. The Labute approximate surface area is 158 Å². The van der Waals surface area contributed by atoms with Crippen LogP contribution in [0.3, 0.4) is 0 Å². The van der Waals surface area contributed by atoms with Crippen LogP contribution in [-0.2, 0) is 14.9 Å². The number of rotatable bonds is 5. The minimum absolute atomic E-state index is 0.0840. The van der Waals surface area contributed by atoms with Gasteiger partial charge in [-0.3, -0.25) is 4.79 Å². The van der Waals surface area contributed by atoms with Gasteiger partial charge in [-0.2, -0.15) is 0 Å². The van der Waals surface area contributed by atoms with E-state index >= 15 is 0 Å². The van der Waals surface area contributed by atoms with Crippen molar-refractivity contribution in [3.8, 4) is 5.88 Å². The van der Waals surface area contributed by atoms with E-state index in [1.807, 2.05) is 44.2 Å². The molecule has 2 heterocycles. The minimum Gasteiger partial charge on any atom is -0.478 e. The monoisotopic (exact) mass is 374 g/mol. The van der Waals surface area contributed by atoms with Crippen molar-refractivity contribution >= 4 is 23.2 Å². The van der Waals surface area contributed by atoms with Gasteiger partial charge in [-0.25, -0.2) is 4.98 Å². The first kappa shape index (κ1) is 18.7. The zero-order valence-electron chi connectivity index (χ0n) is 15.0. The maximum Gasteiger partial charge on any atom is 0.235 e. The van der Waals surface area contributed by atoms with E-state index in [9.17, 15) is 4.79 Å². The fraction of sp³-hybridized carbons (Fsp3) is 0.400. The lowest BCUT2D eigenvalue weighted by atomic mass is 9.73. The van der Waals surface area contributed by atoms with E-state index in [0.29, 0.717) is 49.3 Å². The second kappa shape index (κ2) is 8.06. The van der Waals surface area contributed by atoms with Crippen molar-refractivity contribution in [2.75, 3.05) is 25.1 Å². The molecular weight excluding hydrogens is 352 g/mol. The molecule has 2 aromatic rings. The predicted molar refractivity (Wildman–Crippen MR) is 102 cm³/mol. The number of nitrogens with zero attached hydrogens (tertiary/aromatic N) is 1. The molecule has 1 saturated heterocycles. The van der Waals surface area contributed by atoms with E-state index in [0.717, 1.165) is 11.1 Å². The van der Waals surface area contributed by atoms with Crippen molar-refractivity contribution in [1.29, 1.82) is 0 Å². The zero-order chi connectivity index (χ0) is 18.6. The second-order valence-electron chi connectivity index (χ2n) is 6.41. The van der Waals surface area contributed by atoms with Crippen LogP contribution in [0, 0.1) is 6.92 Å². The average molecular weight is 375 g/mol. The lowest BCUT2D eigenvalue weighted by molar-refractivity contribution is -0.125. The van der Waals surface area contributed by atoms with Gasteiger partial charge in [0, 0.05) is 23.8 Å². The van der Waals surface area contributed by atoms with Gasteiger partial charge in [-0.05, 0) is 44.4 Å². The summed E-state index contributed by atoms with van der Waals surface area (Å²) in [4.78, 5) is 17.6. The normalized spacial score (nSPS) is 16.1. The lowest BCUT2D eigenvalue weighted by Crippen LogP contribution is -2.45. The molecule has 0 spiro atoms. The molecular formula is C20H23ClN2O3. The Hall–Kier alpha value is -2.11. The van der Waals surface area contributed by atoms with Crippen LogP contribution in [0.2, 0.25) is 5.02 Å². The Morgan fingerprint density at radius 3 is 2.73 bits per heavy atom. The third-order valence-corrected chi connectivity index (χ3v) is 5.07. The Morgan fingerprint density at radius 2 is 2.08 bits per heavy atom. The molecule has 6 heteroatoms. The molecule has 1 aliphatic rings. The zero-order valence-corrected chi connectivity index (χ0v) is 15.8. The number of carbonyl (C=O) groups excluding carboxylic acids is 1. The number of aryl methyl sites for hydroxylation is 1. The van der Waals surface area contributed by atoms with Crippen LogP contribution < -0.4 is 10.1 Å². The summed E-state index contributed by atoms with van der Waals surface area (Å²) in [6, 6.07) is 9.40. The average Bonchev–Trinajstić information content (AvgIpc) is 2.65. The van der Waals surface area contributed by atoms with Crippen molar-refractivity contribution in [3.63, 3.8) is 0 Å². The molecule has 1 amide bonds. The number of carbonyl (C=O) groups is 1. The largest absolute Gasteiger partial charge is 0.478 e. The van der Waals surface area contributed by atoms with Gasteiger partial charge >= 0.3 is 0 Å². The van der Waals surface area contributed by atoms with E-state index < -0.39 is 5.41 Å². The summed E-state index contributed by atoms with van der Waals surface area (Å²) < 4.78 is 11.0. The minimum atomic E-state index is -0.705. The summed E-state index contributed by atoms with van der Waals surface area (Å²) in [5.41, 5.74) is 1.67. The van der Waals surface area contributed by atoms with Crippen molar-refractivity contribution in [2.24, 2.45) is 0 Å². The van der Waals surface area contributed by atoms with Gasteiger partial charge in [-0.15, -0.1) is 0 Å². The van der Waals surface area contributed by atoms with Gasteiger partial charge in [0.2, 0.25) is 11.8 Å². The summed E-state index contributed by atoms with van der Waals surface area (Å²) in [5.74, 6) is 0.497. The fourth-order valence-corrected chi connectivity index (χ4v) is 3.67. The Kier molecular flexibility index (Phi) is 5.79. The summed E-state index contributed by atoms with van der Waals surface area (Å²) in [6.07, 6.45) is 2.80. The van der Waals surface area contributed by atoms with Crippen LogP contribution in [0.15, 0.2) is 36.5 Å². The van der Waals surface area contributed by atoms with Crippen molar-refractivity contribution in [3.05, 3.63) is 52.7 Å². The van der Waals surface area contributed by atoms with Crippen molar-refractivity contribution in [2.45, 2.75) is 32.1 Å². The maximum atomic E-state index is 13.3. The number of amides is 1. The smallest absolute Gasteiger partial charge is 0.235 e. The molecule has 1 aromatic heterocycles. The highest BCUT2D eigenvalue weighted by molar-refractivity contribution is 6.31. The molecule has 0 aliphatic carbocycles. The number of pyridine rings is 1. The standard InChI is InChI=1S/C20H23ClN2O3/c1-3-26-18-14(2)12-15(13-22-18)23-19(24)20(8-10-25-11-9-20)16-6-4-5-7-17(16)21/h4-7,12-13H,3,8-11H2,1-2H3,(H,23,24). The molecule has 1 fully saturated rings. The van der Waals surface area contributed by atoms with E-state index in [1.165, 1.54) is 0 Å². The van der Waals surface area contributed by atoms with Crippen LogP contribution in [0.5, 0.6) is 5.88 Å². The second-order valence-corrected chi connectivity index (χ2v) is 6.81. The highest BCUT2D eigenvalue weighted by atomic mass is 35.5. The first-order chi connectivity index (χ1) is 12.6. The van der Waals surface area contributed by atoms with Gasteiger partial charge < -0.3 is 14.8 Å². The number of ether oxygens (including phenoxy) is 2. The molecule has 1 aliphatic heterocycles. The number of halogens is 1. The first-order valence-corrected chi connectivity index (χ1v) is 9.18. The molecule has 138 valence electrons. The van der Waals surface area contributed by atoms with Crippen molar-refractivity contribution in [1.82, 2.24) is 4.98 Å². The molecule has 0 saturated carbocycles. The number of anilines is 1. The molecule has 26 heavy (non-hydrogen) atoms. The van der Waals surface area contributed by atoms with Crippen LogP contribution in [0.4, 0.5) is 5.69 Å². The van der Waals surface area contributed by atoms with Crippen LogP contribution in [0.1, 0.15) is 30.9 Å². The molecule has 1 N–H and O–H groups in total. The van der Waals surface area contributed by atoms with E-state index in [-0.39, 0.29) is 5.91 Å². The van der Waals surface area contributed by atoms with Gasteiger partial charge in [0.15, 0.2) is 0 Å². The van der Waals surface area contributed by atoms with Gasteiger partial charge in [-0.1, -0.05) is 29.8 Å². The Morgan fingerprint density at radius 1 is 1.35 bits per heavy atom. The number of hydrogen-bond donors (Lipinski definition) is 1.